The van der Waals surface area contributed by atoms with E-state index in [-0.39, 0.29) is 17.1 Å². The lowest BCUT2D eigenvalue weighted by Gasteiger charge is -2.22. The SMILES string of the molecule is CN(C(=O)c1n[nH]c(C(C)(C)C)n1)C1CCSC1. The predicted molar refractivity (Wildman–Crippen MR) is 72.9 cm³/mol. The summed E-state index contributed by atoms with van der Waals surface area (Å²) in [6.07, 6.45) is 1.06. The lowest BCUT2D eigenvalue weighted by molar-refractivity contribution is 0.0736. The molecule has 0 saturated carbocycles. The number of nitrogens with zero attached hydrogens (tertiary/aromatic N) is 3. The minimum Gasteiger partial charge on any atom is -0.335 e. The van der Waals surface area contributed by atoms with E-state index >= 15 is 0 Å². The number of aromatic amines is 1. The number of carbonyl (C=O) groups is 1. The molecule has 1 unspecified atom stereocenters. The molecule has 1 amide bonds. The Morgan fingerprint density at radius 3 is 2.72 bits per heavy atom. The fourth-order valence-corrected chi connectivity index (χ4v) is 3.11. The standard InChI is InChI=1S/C12H20N4OS/c1-12(2,3)11-13-9(14-15-11)10(17)16(4)8-5-6-18-7-8/h8H,5-7H2,1-4H3,(H,13,14,15). The number of carbonyl (C=O) groups excluding carboxylic acids is 1. The van der Waals surface area contributed by atoms with Crippen LogP contribution in [0.5, 0.6) is 0 Å². The van der Waals surface area contributed by atoms with E-state index in [0.29, 0.717) is 6.04 Å². The van der Waals surface area contributed by atoms with Crippen molar-refractivity contribution in [1.29, 1.82) is 0 Å². The lowest BCUT2D eigenvalue weighted by Crippen LogP contribution is -2.37. The van der Waals surface area contributed by atoms with Crippen molar-refractivity contribution in [2.75, 3.05) is 18.6 Å². The van der Waals surface area contributed by atoms with Crippen molar-refractivity contribution in [3.8, 4) is 0 Å². The third kappa shape index (κ3) is 2.68. The smallest absolute Gasteiger partial charge is 0.293 e. The second-order valence-corrected chi connectivity index (χ2v) is 6.84. The van der Waals surface area contributed by atoms with E-state index < -0.39 is 0 Å². The summed E-state index contributed by atoms with van der Waals surface area (Å²) in [5, 5.41) is 6.90. The van der Waals surface area contributed by atoms with Gasteiger partial charge in [-0.3, -0.25) is 9.89 Å². The second-order valence-electron chi connectivity index (χ2n) is 5.69. The second kappa shape index (κ2) is 4.91. The average molecular weight is 268 g/mol. The first-order valence-electron chi connectivity index (χ1n) is 6.17. The van der Waals surface area contributed by atoms with Gasteiger partial charge < -0.3 is 4.90 Å². The number of H-pyrrole nitrogens is 1. The molecule has 1 N–H and O–H groups in total. The van der Waals surface area contributed by atoms with Crippen LogP contribution in [0.1, 0.15) is 43.6 Å². The van der Waals surface area contributed by atoms with Gasteiger partial charge in [0.25, 0.3) is 5.91 Å². The first kappa shape index (κ1) is 13.4. The summed E-state index contributed by atoms with van der Waals surface area (Å²) in [6.45, 7) is 6.12. The van der Waals surface area contributed by atoms with Crippen LogP contribution in [0.15, 0.2) is 0 Å². The molecular weight excluding hydrogens is 248 g/mol. The Bertz CT molecular complexity index is 432. The molecule has 0 radical (unpaired) electrons. The molecule has 6 heteroatoms. The van der Waals surface area contributed by atoms with Crippen LogP contribution >= 0.6 is 11.8 Å². The van der Waals surface area contributed by atoms with E-state index in [1.54, 1.807) is 4.90 Å². The van der Waals surface area contributed by atoms with Crippen molar-refractivity contribution in [3.05, 3.63) is 11.6 Å². The van der Waals surface area contributed by atoms with Crippen LogP contribution in [0, 0.1) is 0 Å². The van der Waals surface area contributed by atoms with Gasteiger partial charge in [0.2, 0.25) is 5.82 Å². The zero-order valence-electron chi connectivity index (χ0n) is 11.4. The van der Waals surface area contributed by atoms with E-state index in [1.807, 2.05) is 39.6 Å². The van der Waals surface area contributed by atoms with E-state index in [0.717, 1.165) is 23.8 Å². The Labute approximate surface area is 112 Å². The number of rotatable bonds is 2. The molecule has 0 aliphatic carbocycles. The maximum absolute atomic E-state index is 12.2. The van der Waals surface area contributed by atoms with Crippen LogP contribution in [0.3, 0.4) is 0 Å². The molecule has 0 bridgehead atoms. The van der Waals surface area contributed by atoms with Crippen molar-refractivity contribution in [3.63, 3.8) is 0 Å². The Hall–Kier alpha value is -1.04. The maximum Gasteiger partial charge on any atom is 0.293 e. The summed E-state index contributed by atoms with van der Waals surface area (Å²) in [5.74, 6) is 3.08. The molecule has 5 nitrogen and oxygen atoms in total. The van der Waals surface area contributed by atoms with Crippen LogP contribution in [0.25, 0.3) is 0 Å². The van der Waals surface area contributed by atoms with Gasteiger partial charge in [0.15, 0.2) is 0 Å². The number of hydrogen-bond donors (Lipinski definition) is 1. The van der Waals surface area contributed by atoms with Gasteiger partial charge in [0, 0.05) is 24.3 Å². The highest BCUT2D eigenvalue weighted by Gasteiger charge is 2.28. The van der Waals surface area contributed by atoms with Crippen LogP contribution in [-0.2, 0) is 5.41 Å². The molecule has 0 aromatic carbocycles. The highest BCUT2D eigenvalue weighted by Crippen LogP contribution is 2.23. The number of aromatic nitrogens is 3. The van der Waals surface area contributed by atoms with Crippen molar-refractivity contribution in [1.82, 2.24) is 20.1 Å². The highest BCUT2D eigenvalue weighted by molar-refractivity contribution is 7.99. The minimum absolute atomic E-state index is 0.0887. The number of hydrogen-bond acceptors (Lipinski definition) is 4. The number of nitrogens with one attached hydrogen (secondary N) is 1. The molecule has 1 saturated heterocycles. The number of amides is 1. The van der Waals surface area contributed by atoms with Crippen LogP contribution in [0.2, 0.25) is 0 Å². The quantitative estimate of drug-likeness (QED) is 0.886. The lowest BCUT2D eigenvalue weighted by atomic mass is 9.96. The molecule has 100 valence electrons. The molecule has 1 aromatic heterocycles. The van der Waals surface area contributed by atoms with Gasteiger partial charge in [-0.1, -0.05) is 20.8 Å². The summed E-state index contributed by atoms with van der Waals surface area (Å²) in [7, 11) is 1.84. The zero-order chi connectivity index (χ0) is 13.3. The first-order chi connectivity index (χ1) is 8.39. The Morgan fingerprint density at radius 1 is 1.50 bits per heavy atom. The summed E-state index contributed by atoms with van der Waals surface area (Å²) < 4.78 is 0. The fraction of sp³-hybridized carbons (Fsp3) is 0.750. The third-order valence-corrected chi connectivity index (χ3v) is 4.31. The first-order valence-corrected chi connectivity index (χ1v) is 7.33. The summed E-state index contributed by atoms with van der Waals surface area (Å²) in [6, 6.07) is 0.319. The third-order valence-electron chi connectivity index (χ3n) is 3.16. The van der Waals surface area contributed by atoms with Crippen LogP contribution in [0.4, 0.5) is 0 Å². The normalized spacial score (nSPS) is 20.1. The average Bonchev–Trinajstić information content (AvgIpc) is 2.96. The molecule has 1 aliphatic heterocycles. The molecule has 2 rings (SSSR count). The number of thioether (sulfide) groups is 1. The van der Waals surface area contributed by atoms with Gasteiger partial charge in [0.05, 0.1) is 0 Å². The van der Waals surface area contributed by atoms with E-state index in [4.69, 9.17) is 0 Å². The molecule has 18 heavy (non-hydrogen) atoms. The van der Waals surface area contributed by atoms with Gasteiger partial charge in [-0.2, -0.15) is 11.8 Å². The van der Waals surface area contributed by atoms with Crippen LogP contribution in [-0.4, -0.2) is 50.6 Å². The molecule has 1 aliphatic rings. The highest BCUT2D eigenvalue weighted by atomic mass is 32.2. The van der Waals surface area contributed by atoms with Gasteiger partial charge in [-0.05, 0) is 12.2 Å². The Kier molecular flexibility index (Phi) is 3.66. The molecular formula is C12H20N4OS. The van der Waals surface area contributed by atoms with E-state index in [1.165, 1.54) is 0 Å². The summed E-state index contributed by atoms with van der Waals surface area (Å²) >= 11 is 1.89. The van der Waals surface area contributed by atoms with Gasteiger partial charge >= 0.3 is 0 Å². The van der Waals surface area contributed by atoms with E-state index in [9.17, 15) is 4.79 Å². The predicted octanol–water partition coefficient (Wildman–Crippen LogP) is 1.68. The van der Waals surface area contributed by atoms with Gasteiger partial charge in [0.1, 0.15) is 5.82 Å². The van der Waals surface area contributed by atoms with Crippen molar-refractivity contribution < 1.29 is 4.79 Å². The largest absolute Gasteiger partial charge is 0.335 e. The Morgan fingerprint density at radius 2 is 2.22 bits per heavy atom. The van der Waals surface area contributed by atoms with E-state index in [2.05, 4.69) is 15.2 Å². The summed E-state index contributed by atoms with van der Waals surface area (Å²) in [4.78, 5) is 18.3. The van der Waals surface area contributed by atoms with Gasteiger partial charge in [-0.25, -0.2) is 4.98 Å². The Balaban J connectivity index is 2.11. The van der Waals surface area contributed by atoms with Gasteiger partial charge in [-0.15, -0.1) is 5.10 Å². The molecule has 1 atom stereocenters. The minimum atomic E-state index is -0.118. The fourth-order valence-electron chi connectivity index (χ4n) is 1.84. The molecule has 0 spiro atoms. The van der Waals surface area contributed by atoms with Crippen molar-refractivity contribution in [2.24, 2.45) is 0 Å². The van der Waals surface area contributed by atoms with Crippen LogP contribution < -0.4 is 0 Å². The monoisotopic (exact) mass is 268 g/mol. The molecule has 2 heterocycles. The summed E-state index contributed by atoms with van der Waals surface area (Å²) in [5.41, 5.74) is -0.118. The topological polar surface area (TPSA) is 61.9 Å². The zero-order valence-corrected chi connectivity index (χ0v) is 12.2. The van der Waals surface area contributed by atoms with Crippen molar-refractivity contribution >= 4 is 17.7 Å². The maximum atomic E-state index is 12.2. The molecule has 1 fully saturated rings. The van der Waals surface area contributed by atoms with Crippen molar-refractivity contribution in [2.45, 2.75) is 38.6 Å². The molecule has 1 aromatic rings.